The van der Waals surface area contributed by atoms with Crippen molar-refractivity contribution in [1.29, 1.82) is 0 Å². The van der Waals surface area contributed by atoms with Crippen molar-refractivity contribution in [3.63, 3.8) is 0 Å². The second-order valence-corrected chi connectivity index (χ2v) is 12.5. The molecule has 1 unspecified atom stereocenters. The Bertz CT molecular complexity index is 1430. The number of sulfone groups is 1. The smallest absolute Gasteiger partial charge is 0.326 e. The number of nitrogens with zero attached hydrogens (tertiary/aromatic N) is 1. The second kappa shape index (κ2) is 12.1. The fourth-order valence-electron chi connectivity index (χ4n) is 4.89. The van der Waals surface area contributed by atoms with Gasteiger partial charge in [-0.25, -0.2) is 13.2 Å². The third kappa shape index (κ3) is 6.64. The van der Waals surface area contributed by atoms with Crippen LogP contribution < -0.4 is 0 Å². The van der Waals surface area contributed by atoms with Crippen molar-refractivity contribution in [2.24, 2.45) is 0 Å². The van der Waals surface area contributed by atoms with Crippen molar-refractivity contribution >= 4 is 44.9 Å². The summed E-state index contributed by atoms with van der Waals surface area (Å²) < 4.78 is 30.3. The van der Waals surface area contributed by atoms with E-state index >= 15 is 0 Å². The van der Waals surface area contributed by atoms with Crippen LogP contribution in [0.4, 0.5) is 0 Å². The van der Waals surface area contributed by atoms with Crippen LogP contribution in [0, 0.1) is 0 Å². The molecule has 1 N–H and O–H groups in total. The van der Waals surface area contributed by atoms with Gasteiger partial charge in [-0.05, 0) is 59.5 Å². The third-order valence-electron chi connectivity index (χ3n) is 6.79. The van der Waals surface area contributed by atoms with E-state index in [2.05, 4.69) is 0 Å². The van der Waals surface area contributed by atoms with Crippen LogP contribution in [0.15, 0.2) is 77.7 Å². The molecule has 0 aromatic heterocycles. The topological polar surface area (TPSA) is 101 Å². The number of rotatable bonds is 9. The Morgan fingerprint density at radius 2 is 1.49 bits per heavy atom. The number of aliphatic carboxylic acids is 1. The zero-order valence-electron chi connectivity index (χ0n) is 21.5. The molecule has 0 bridgehead atoms. The van der Waals surface area contributed by atoms with Gasteiger partial charge in [-0.3, -0.25) is 4.79 Å². The summed E-state index contributed by atoms with van der Waals surface area (Å²) in [7, 11) is -3.38. The van der Waals surface area contributed by atoms with Crippen LogP contribution >= 0.6 is 23.2 Å². The van der Waals surface area contributed by atoms with Gasteiger partial charge < -0.3 is 14.7 Å². The van der Waals surface area contributed by atoms with Crippen molar-refractivity contribution in [2.75, 3.05) is 6.26 Å². The summed E-state index contributed by atoms with van der Waals surface area (Å²) in [6.45, 7) is 1.87. The number of hydrogen-bond acceptors (Lipinski definition) is 5. The van der Waals surface area contributed by atoms with Crippen molar-refractivity contribution < 1.29 is 27.9 Å². The lowest BCUT2D eigenvalue weighted by Gasteiger charge is -2.47. The molecule has 0 saturated carbocycles. The number of morpholine rings is 1. The van der Waals surface area contributed by atoms with Gasteiger partial charge in [0.2, 0.25) is 0 Å². The Balaban J connectivity index is 1.82. The Morgan fingerprint density at radius 3 is 1.97 bits per heavy atom. The van der Waals surface area contributed by atoms with E-state index in [1.165, 1.54) is 17.0 Å². The van der Waals surface area contributed by atoms with Gasteiger partial charge in [0.25, 0.3) is 5.91 Å². The van der Waals surface area contributed by atoms with E-state index in [0.717, 1.165) is 11.8 Å². The number of carbonyl (C=O) groups excluding carboxylic acids is 1. The Kier molecular flexibility index (Phi) is 9.01. The van der Waals surface area contributed by atoms with Crippen LogP contribution in [-0.4, -0.2) is 48.7 Å². The molecule has 39 heavy (non-hydrogen) atoms. The minimum Gasteiger partial charge on any atom is -0.480 e. The molecule has 3 aromatic carbocycles. The molecular formula is C29H29Cl2NO6S. The van der Waals surface area contributed by atoms with E-state index in [4.69, 9.17) is 27.9 Å². The SMILES string of the molecule is CCCC(C(=O)O)N1C(=O)[C@@H](Cc2ccc(S(C)(=O)=O)cc2)O[C@H](c2ccc(Cl)cc2)[C@@H]1c1ccc(Cl)cc1. The molecule has 0 radical (unpaired) electrons. The van der Waals surface area contributed by atoms with Gasteiger partial charge in [-0.15, -0.1) is 0 Å². The van der Waals surface area contributed by atoms with Crippen molar-refractivity contribution in [1.82, 2.24) is 4.90 Å². The molecule has 4 atom stereocenters. The average molecular weight is 591 g/mol. The Labute approximate surface area is 238 Å². The standard InChI is InChI=1S/C29H29Cl2NO6S/c1-3-4-24(29(34)35)32-26(19-7-11-21(30)12-8-19)27(20-9-13-22(31)14-10-20)38-25(28(32)33)17-18-5-15-23(16-6-18)39(2,36)37/h5-16,24-27H,3-4,17H2,1-2H3,(H,34,35)/t24?,25-,26+,27-/m1/s1. The van der Waals surface area contributed by atoms with E-state index in [-0.39, 0.29) is 17.7 Å². The summed E-state index contributed by atoms with van der Waals surface area (Å²) in [5.74, 6) is -1.55. The predicted octanol–water partition coefficient (Wildman–Crippen LogP) is 5.90. The average Bonchev–Trinajstić information content (AvgIpc) is 2.89. The number of hydrogen-bond donors (Lipinski definition) is 1. The summed E-state index contributed by atoms with van der Waals surface area (Å²) in [6, 6.07) is 18.4. The molecule has 0 aliphatic carbocycles. The first-order chi connectivity index (χ1) is 18.5. The molecule has 1 fully saturated rings. The maximum absolute atomic E-state index is 14.1. The van der Waals surface area contributed by atoms with Gasteiger partial charge in [0.15, 0.2) is 9.84 Å². The fraction of sp³-hybridized carbons (Fsp3) is 0.310. The molecule has 10 heteroatoms. The summed E-state index contributed by atoms with van der Waals surface area (Å²) in [6.07, 6.45) is 0.361. The quantitative estimate of drug-likeness (QED) is 0.333. The molecule has 1 heterocycles. The summed E-state index contributed by atoms with van der Waals surface area (Å²) in [5, 5.41) is 11.3. The van der Waals surface area contributed by atoms with E-state index in [0.29, 0.717) is 27.6 Å². The zero-order chi connectivity index (χ0) is 28.3. The normalized spacial score (nSPS) is 20.6. The summed E-state index contributed by atoms with van der Waals surface area (Å²) in [5.41, 5.74) is 2.10. The van der Waals surface area contributed by atoms with E-state index in [1.54, 1.807) is 60.7 Å². The summed E-state index contributed by atoms with van der Waals surface area (Å²) in [4.78, 5) is 28.2. The fourth-order valence-corrected chi connectivity index (χ4v) is 5.77. The lowest BCUT2D eigenvalue weighted by Crippen LogP contribution is -2.57. The van der Waals surface area contributed by atoms with Crippen LogP contribution in [0.25, 0.3) is 0 Å². The lowest BCUT2D eigenvalue weighted by molar-refractivity contribution is -0.184. The van der Waals surface area contributed by atoms with Crippen LogP contribution in [0.2, 0.25) is 10.0 Å². The number of halogens is 2. The molecule has 1 amide bonds. The highest BCUT2D eigenvalue weighted by Gasteiger charge is 2.48. The Morgan fingerprint density at radius 1 is 0.949 bits per heavy atom. The van der Waals surface area contributed by atoms with Gasteiger partial charge >= 0.3 is 5.97 Å². The minimum absolute atomic E-state index is 0.134. The van der Waals surface area contributed by atoms with Gasteiger partial charge in [-0.1, -0.05) is 72.9 Å². The number of carboxylic acid groups (broad SMARTS) is 1. The van der Waals surface area contributed by atoms with Crippen LogP contribution in [0.3, 0.4) is 0 Å². The number of amides is 1. The molecule has 1 saturated heterocycles. The summed E-state index contributed by atoms with van der Waals surface area (Å²) >= 11 is 12.3. The van der Waals surface area contributed by atoms with Gasteiger partial charge in [-0.2, -0.15) is 0 Å². The highest BCUT2D eigenvalue weighted by Crippen LogP contribution is 2.44. The first kappa shape index (κ1) is 29.1. The number of ether oxygens (including phenoxy) is 1. The second-order valence-electron chi connectivity index (χ2n) is 9.60. The lowest BCUT2D eigenvalue weighted by atomic mass is 9.88. The van der Waals surface area contributed by atoms with E-state index in [1.807, 2.05) is 6.92 Å². The third-order valence-corrected chi connectivity index (χ3v) is 8.43. The van der Waals surface area contributed by atoms with Crippen molar-refractivity contribution in [3.8, 4) is 0 Å². The molecule has 0 spiro atoms. The highest BCUT2D eigenvalue weighted by molar-refractivity contribution is 7.90. The van der Waals surface area contributed by atoms with Crippen molar-refractivity contribution in [2.45, 2.75) is 55.4 Å². The van der Waals surface area contributed by atoms with E-state index in [9.17, 15) is 23.1 Å². The van der Waals surface area contributed by atoms with Crippen LogP contribution in [0.1, 0.15) is 48.6 Å². The van der Waals surface area contributed by atoms with Crippen LogP contribution in [-0.2, 0) is 30.6 Å². The molecule has 3 aromatic rings. The predicted molar refractivity (Wildman–Crippen MR) is 150 cm³/mol. The number of carboxylic acids is 1. The molecule has 4 rings (SSSR count). The minimum atomic E-state index is -3.38. The molecule has 1 aliphatic rings. The highest BCUT2D eigenvalue weighted by atomic mass is 35.5. The maximum atomic E-state index is 14.1. The molecule has 206 valence electrons. The van der Waals surface area contributed by atoms with Gasteiger partial charge in [0.1, 0.15) is 18.2 Å². The van der Waals surface area contributed by atoms with Crippen LogP contribution in [0.5, 0.6) is 0 Å². The first-order valence-electron chi connectivity index (χ1n) is 12.5. The maximum Gasteiger partial charge on any atom is 0.326 e. The van der Waals surface area contributed by atoms with Gasteiger partial charge in [0.05, 0.1) is 10.9 Å². The first-order valence-corrected chi connectivity index (χ1v) is 15.1. The number of carbonyl (C=O) groups is 2. The number of benzene rings is 3. The van der Waals surface area contributed by atoms with Crippen molar-refractivity contribution in [3.05, 3.63) is 99.5 Å². The monoisotopic (exact) mass is 589 g/mol. The largest absolute Gasteiger partial charge is 0.480 e. The van der Waals surface area contributed by atoms with Gasteiger partial charge in [0, 0.05) is 22.7 Å². The van der Waals surface area contributed by atoms with E-state index < -0.39 is 46.0 Å². The molecule has 1 aliphatic heterocycles. The zero-order valence-corrected chi connectivity index (χ0v) is 23.8. The molecule has 7 nitrogen and oxygen atoms in total. The Hall–Kier alpha value is -2.91. The molecular weight excluding hydrogens is 561 g/mol.